The highest BCUT2D eigenvalue weighted by Gasteiger charge is 2.16. The SMILES string of the molecule is CCCCCON1CCCC1=S. The summed E-state index contributed by atoms with van der Waals surface area (Å²) >= 11 is 5.12. The normalized spacial score (nSPS) is 17.4. The Balaban J connectivity index is 2.02. The lowest BCUT2D eigenvalue weighted by Gasteiger charge is -2.16. The molecule has 0 aromatic carbocycles. The highest BCUT2D eigenvalue weighted by Crippen LogP contribution is 2.12. The molecule has 1 aliphatic heterocycles. The van der Waals surface area contributed by atoms with Gasteiger partial charge in [-0.25, -0.2) is 5.06 Å². The molecule has 1 saturated heterocycles. The van der Waals surface area contributed by atoms with Gasteiger partial charge in [-0.2, -0.15) is 0 Å². The van der Waals surface area contributed by atoms with E-state index in [1.165, 1.54) is 12.8 Å². The van der Waals surface area contributed by atoms with Crippen LogP contribution in [0.3, 0.4) is 0 Å². The molecule has 3 heteroatoms. The van der Waals surface area contributed by atoms with Crippen LogP contribution in [0.4, 0.5) is 0 Å². The van der Waals surface area contributed by atoms with Crippen LogP contribution in [-0.2, 0) is 4.84 Å². The molecule has 12 heavy (non-hydrogen) atoms. The van der Waals surface area contributed by atoms with Gasteiger partial charge >= 0.3 is 0 Å². The van der Waals surface area contributed by atoms with E-state index in [2.05, 4.69) is 6.92 Å². The maximum Gasteiger partial charge on any atom is 0.104 e. The number of rotatable bonds is 5. The summed E-state index contributed by atoms with van der Waals surface area (Å²) in [5, 5.41) is 1.88. The Kier molecular flexibility index (Phi) is 4.54. The summed E-state index contributed by atoms with van der Waals surface area (Å²) in [6.45, 7) is 4.01. The Hall–Kier alpha value is -0.150. The van der Waals surface area contributed by atoms with Crippen molar-refractivity contribution in [2.75, 3.05) is 13.2 Å². The fourth-order valence-electron chi connectivity index (χ4n) is 1.29. The molecule has 2 nitrogen and oxygen atoms in total. The predicted octanol–water partition coefficient (Wildman–Crippen LogP) is 2.53. The lowest BCUT2D eigenvalue weighted by molar-refractivity contribution is -0.0906. The van der Waals surface area contributed by atoms with Gasteiger partial charge in [0.2, 0.25) is 0 Å². The number of hydrogen-bond donors (Lipinski definition) is 0. The Morgan fingerprint density at radius 2 is 2.33 bits per heavy atom. The van der Waals surface area contributed by atoms with E-state index in [0.29, 0.717) is 0 Å². The summed E-state index contributed by atoms with van der Waals surface area (Å²) in [5.74, 6) is 0. The fraction of sp³-hybridized carbons (Fsp3) is 0.889. The third-order valence-corrected chi connectivity index (χ3v) is 2.43. The predicted molar refractivity (Wildman–Crippen MR) is 54.0 cm³/mol. The van der Waals surface area contributed by atoms with Crippen LogP contribution in [0.5, 0.6) is 0 Å². The van der Waals surface area contributed by atoms with Gasteiger partial charge in [-0.05, 0) is 12.8 Å². The molecule has 0 aromatic rings. The van der Waals surface area contributed by atoms with Crippen LogP contribution < -0.4 is 0 Å². The van der Waals surface area contributed by atoms with Crippen LogP contribution in [0, 0.1) is 0 Å². The van der Waals surface area contributed by atoms with Crippen molar-refractivity contribution < 1.29 is 4.84 Å². The molecule has 0 aromatic heterocycles. The van der Waals surface area contributed by atoms with Gasteiger partial charge < -0.3 is 0 Å². The second kappa shape index (κ2) is 5.49. The van der Waals surface area contributed by atoms with Gasteiger partial charge in [0.25, 0.3) is 0 Å². The molecule has 0 saturated carbocycles. The quantitative estimate of drug-likeness (QED) is 0.485. The molecule has 1 aliphatic rings. The first kappa shape index (κ1) is 9.93. The second-order valence-corrected chi connectivity index (χ2v) is 3.61. The molecule has 0 atom stereocenters. The second-order valence-electron chi connectivity index (χ2n) is 3.14. The number of unbranched alkanes of at least 4 members (excludes halogenated alkanes) is 2. The number of hydrogen-bond acceptors (Lipinski definition) is 2. The minimum atomic E-state index is 0.827. The minimum Gasteiger partial charge on any atom is -0.273 e. The molecule has 1 rings (SSSR count). The molecule has 0 amide bonds. The number of nitrogens with zero attached hydrogens (tertiary/aromatic N) is 1. The molecule has 1 heterocycles. The van der Waals surface area contributed by atoms with Crippen molar-refractivity contribution in [3.8, 4) is 0 Å². The highest BCUT2D eigenvalue weighted by atomic mass is 32.1. The van der Waals surface area contributed by atoms with Gasteiger partial charge in [-0.3, -0.25) is 4.84 Å². The Bertz CT molecular complexity index is 149. The van der Waals surface area contributed by atoms with E-state index in [9.17, 15) is 0 Å². The van der Waals surface area contributed by atoms with Crippen LogP contribution in [0.1, 0.15) is 39.0 Å². The number of thiocarbonyl (C=S) groups is 1. The molecule has 0 radical (unpaired) electrons. The zero-order valence-corrected chi connectivity index (χ0v) is 8.53. The first-order valence-electron chi connectivity index (χ1n) is 4.78. The molecule has 0 N–H and O–H groups in total. The minimum absolute atomic E-state index is 0.827. The van der Waals surface area contributed by atoms with Gasteiger partial charge in [0, 0.05) is 13.0 Å². The molecular weight excluding hydrogens is 170 g/mol. The van der Waals surface area contributed by atoms with Crippen molar-refractivity contribution in [1.29, 1.82) is 0 Å². The summed E-state index contributed by atoms with van der Waals surface area (Å²) in [4.78, 5) is 6.49. The number of hydroxylamine groups is 2. The van der Waals surface area contributed by atoms with Crippen molar-refractivity contribution in [2.24, 2.45) is 0 Å². The first-order chi connectivity index (χ1) is 5.84. The third kappa shape index (κ3) is 3.07. The van der Waals surface area contributed by atoms with Crippen molar-refractivity contribution in [3.05, 3.63) is 0 Å². The average Bonchev–Trinajstić information content (AvgIpc) is 2.46. The molecule has 1 fully saturated rings. The van der Waals surface area contributed by atoms with Gasteiger partial charge in [-0.15, -0.1) is 0 Å². The van der Waals surface area contributed by atoms with E-state index in [0.717, 1.165) is 37.4 Å². The molecule has 0 spiro atoms. The Morgan fingerprint density at radius 1 is 1.50 bits per heavy atom. The van der Waals surface area contributed by atoms with Crippen molar-refractivity contribution in [1.82, 2.24) is 5.06 Å². The maximum absolute atomic E-state index is 5.51. The fourth-order valence-corrected chi connectivity index (χ4v) is 1.57. The topological polar surface area (TPSA) is 12.5 Å². The van der Waals surface area contributed by atoms with E-state index < -0.39 is 0 Å². The van der Waals surface area contributed by atoms with Crippen molar-refractivity contribution in [3.63, 3.8) is 0 Å². The zero-order valence-electron chi connectivity index (χ0n) is 7.71. The molecular formula is C9H17NOS. The third-order valence-electron chi connectivity index (χ3n) is 2.03. The average molecular weight is 187 g/mol. The van der Waals surface area contributed by atoms with Gasteiger partial charge in [0.05, 0.1) is 6.61 Å². The van der Waals surface area contributed by atoms with Gasteiger partial charge in [0.1, 0.15) is 4.99 Å². The first-order valence-corrected chi connectivity index (χ1v) is 5.18. The van der Waals surface area contributed by atoms with Crippen molar-refractivity contribution >= 4 is 17.2 Å². The summed E-state index contributed by atoms with van der Waals surface area (Å²) in [7, 11) is 0. The lowest BCUT2D eigenvalue weighted by atomic mass is 10.3. The Morgan fingerprint density at radius 3 is 2.92 bits per heavy atom. The van der Waals surface area contributed by atoms with Crippen LogP contribution in [-0.4, -0.2) is 23.2 Å². The smallest absolute Gasteiger partial charge is 0.104 e. The van der Waals surface area contributed by atoms with Crippen LogP contribution in [0.2, 0.25) is 0 Å². The van der Waals surface area contributed by atoms with E-state index in [-0.39, 0.29) is 0 Å². The van der Waals surface area contributed by atoms with Crippen LogP contribution in [0.15, 0.2) is 0 Å². The van der Waals surface area contributed by atoms with Crippen molar-refractivity contribution in [2.45, 2.75) is 39.0 Å². The molecule has 0 bridgehead atoms. The standard InChI is InChI=1S/C9H17NOS/c1-2-3-4-8-11-10-7-5-6-9(10)12/h2-8H2,1H3. The van der Waals surface area contributed by atoms with E-state index in [4.69, 9.17) is 17.1 Å². The van der Waals surface area contributed by atoms with Crippen LogP contribution >= 0.6 is 12.2 Å². The lowest BCUT2D eigenvalue weighted by Crippen LogP contribution is -2.24. The van der Waals surface area contributed by atoms with Gasteiger partial charge in [0.15, 0.2) is 0 Å². The van der Waals surface area contributed by atoms with Gasteiger partial charge in [-0.1, -0.05) is 32.0 Å². The molecule has 0 aliphatic carbocycles. The summed E-state index contributed by atoms with van der Waals surface area (Å²) in [6, 6.07) is 0. The van der Waals surface area contributed by atoms with Crippen LogP contribution in [0.25, 0.3) is 0 Å². The Labute approximate surface area is 79.8 Å². The molecule has 70 valence electrons. The molecule has 0 unspecified atom stereocenters. The van der Waals surface area contributed by atoms with E-state index in [1.54, 1.807) is 0 Å². The van der Waals surface area contributed by atoms with E-state index >= 15 is 0 Å². The summed E-state index contributed by atoms with van der Waals surface area (Å²) in [5.41, 5.74) is 0. The largest absolute Gasteiger partial charge is 0.273 e. The van der Waals surface area contributed by atoms with E-state index in [1.807, 2.05) is 5.06 Å². The summed E-state index contributed by atoms with van der Waals surface area (Å²) in [6.07, 6.45) is 5.83. The zero-order chi connectivity index (χ0) is 8.81. The highest BCUT2D eigenvalue weighted by molar-refractivity contribution is 7.80. The monoisotopic (exact) mass is 187 g/mol. The maximum atomic E-state index is 5.51. The summed E-state index contributed by atoms with van der Waals surface area (Å²) < 4.78 is 0.